The van der Waals surface area contributed by atoms with Gasteiger partial charge in [0, 0.05) is 16.4 Å². The fraction of sp³-hybridized carbons (Fsp3) is 0.500. The summed E-state index contributed by atoms with van der Waals surface area (Å²) in [6.45, 7) is 7.93. The molecule has 3 aliphatic rings. The zero-order valence-electron chi connectivity index (χ0n) is 25.9. The normalized spacial score (nSPS) is 37.6. The van der Waals surface area contributed by atoms with Gasteiger partial charge in [-0.25, -0.2) is 0 Å². The van der Waals surface area contributed by atoms with Gasteiger partial charge in [-0.3, -0.25) is 14.4 Å². The maximum absolute atomic E-state index is 14.3. The van der Waals surface area contributed by atoms with Gasteiger partial charge in [0.25, 0.3) is 0 Å². The Hall–Kier alpha value is -3.58. The van der Waals surface area contributed by atoms with E-state index in [1.165, 1.54) is 37.3 Å². The molecule has 0 aliphatic heterocycles. The van der Waals surface area contributed by atoms with Crippen LogP contribution in [0.5, 0.6) is 5.75 Å². The topological polar surface area (TPSA) is 178 Å². The maximum atomic E-state index is 14.3. The Morgan fingerprint density at radius 2 is 1.59 bits per heavy atom. The summed E-state index contributed by atoms with van der Waals surface area (Å²) < 4.78 is 38.9. The van der Waals surface area contributed by atoms with Crippen molar-refractivity contribution in [1.29, 1.82) is 0 Å². The summed E-state index contributed by atoms with van der Waals surface area (Å²) in [6.07, 6.45) is -7.23. The molecule has 5 rings (SSSR count). The van der Waals surface area contributed by atoms with Crippen molar-refractivity contribution in [3.05, 3.63) is 64.2 Å². The van der Waals surface area contributed by atoms with E-state index in [0.29, 0.717) is 11.1 Å². The summed E-state index contributed by atoms with van der Waals surface area (Å²) in [5.74, 6) is -9.88. The molecule has 0 saturated heterocycles. The molecule has 2 fully saturated rings. The monoisotopic (exact) mass is 645 g/mol. The Balaban J connectivity index is 1.64. The number of hydrogen-bond acceptors (Lipinski definition) is 8. The van der Waals surface area contributed by atoms with Crippen LogP contribution < -0.4 is 5.73 Å². The predicted octanol–water partition coefficient (Wildman–Crippen LogP) is 3.29. The minimum atomic E-state index is -4.51. The van der Waals surface area contributed by atoms with Gasteiger partial charge in [0.05, 0.1) is 29.3 Å². The lowest BCUT2D eigenvalue weighted by Crippen LogP contribution is -2.83. The van der Waals surface area contributed by atoms with Crippen molar-refractivity contribution in [1.82, 2.24) is 0 Å². The number of primary amides is 1. The van der Waals surface area contributed by atoms with Crippen LogP contribution in [-0.4, -0.2) is 66.9 Å². The molecule has 10 atom stereocenters. The number of aliphatic hydroxyl groups is 4. The van der Waals surface area contributed by atoms with Crippen LogP contribution in [0.1, 0.15) is 73.1 Å². The molecule has 9 nitrogen and oxygen atoms in total. The number of halogens is 3. The number of alkyl halides is 3. The second-order valence-corrected chi connectivity index (χ2v) is 13.8. The second kappa shape index (κ2) is 10.7. The number of carbonyl (C=O) groups excluding carboxylic acids is 3. The maximum Gasteiger partial charge on any atom is 0.416 e. The van der Waals surface area contributed by atoms with Crippen molar-refractivity contribution in [3.8, 4) is 5.75 Å². The SMILES string of the molecule is CC(C)[C@H]1C(O)[C@@H](C(N)=O)C(=O)[C@]2(O)C(O)[C@H]3C(=O)c4c(ccc(/C=C/c5ccc(C(F)(F)F)cc5)c4O)[C@@H](C)[C@]3(C)[C@@H](O)[C@]12C. The molecular weight excluding hydrogens is 607 g/mol. The molecule has 7 N–H and O–H groups in total. The molecule has 0 aromatic heterocycles. The number of ketones is 2. The highest BCUT2D eigenvalue weighted by molar-refractivity contribution is 6.09. The number of benzene rings is 2. The van der Waals surface area contributed by atoms with Crippen LogP contribution in [0.15, 0.2) is 36.4 Å². The second-order valence-electron chi connectivity index (χ2n) is 13.8. The van der Waals surface area contributed by atoms with Crippen LogP contribution in [0.25, 0.3) is 12.2 Å². The number of phenolic OH excluding ortho intramolecular Hbond substituents is 1. The zero-order valence-corrected chi connectivity index (χ0v) is 25.9. The Morgan fingerprint density at radius 3 is 2.11 bits per heavy atom. The highest BCUT2D eigenvalue weighted by atomic mass is 19.4. The third-order valence-corrected chi connectivity index (χ3v) is 11.3. The van der Waals surface area contributed by atoms with E-state index in [9.17, 15) is 53.1 Å². The number of carbonyl (C=O) groups is 3. The summed E-state index contributed by atoms with van der Waals surface area (Å²) in [5.41, 5.74) is -1.11. The molecule has 0 heterocycles. The van der Waals surface area contributed by atoms with Gasteiger partial charge in [0.2, 0.25) is 5.91 Å². The number of amides is 1. The average Bonchev–Trinajstić information content (AvgIpc) is 2.96. The van der Waals surface area contributed by atoms with Crippen molar-refractivity contribution in [2.75, 3.05) is 0 Å². The van der Waals surface area contributed by atoms with Gasteiger partial charge in [-0.05, 0) is 41.0 Å². The van der Waals surface area contributed by atoms with E-state index in [1.807, 2.05) is 0 Å². The molecule has 2 saturated carbocycles. The largest absolute Gasteiger partial charge is 0.507 e. The van der Waals surface area contributed by atoms with Crippen LogP contribution in [0.3, 0.4) is 0 Å². The minimum Gasteiger partial charge on any atom is -0.507 e. The zero-order chi connectivity index (χ0) is 34.5. The molecule has 2 unspecified atom stereocenters. The van der Waals surface area contributed by atoms with E-state index in [1.54, 1.807) is 33.8 Å². The summed E-state index contributed by atoms with van der Waals surface area (Å²) in [4.78, 5) is 40.6. The molecule has 2 aromatic rings. The lowest BCUT2D eigenvalue weighted by Gasteiger charge is -2.69. The van der Waals surface area contributed by atoms with E-state index in [4.69, 9.17) is 5.73 Å². The van der Waals surface area contributed by atoms with Gasteiger partial charge in [-0.2, -0.15) is 13.2 Å². The number of hydrogen-bond donors (Lipinski definition) is 6. The molecule has 12 heteroatoms. The van der Waals surface area contributed by atoms with Gasteiger partial charge in [0.15, 0.2) is 17.2 Å². The molecule has 248 valence electrons. The molecule has 2 aromatic carbocycles. The van der Waals surface area contributed by atoms with Gasteiger partial charge < -0.3 is 31.3 Å². The van der Waals surface area contributed by atoms with Crippen LogP contribution >= 0.6 is 0 Å². The van der Waals surface area contributed by atoms with E-state index in [2.05, 4.69) is 0 Å². The van der Waals surface area contributed by atoms with E-state index >= 15 is 0 Å². The number of nitrogens with two attached hydrogens (primary N) is 1. The summed E-state index contributed by atoms with van der Waals surface area (Å²) in [6, 6.07) is 7.38. The first-order valence-corrected chi connectivity index (χ1v) is 15.0. The average molecular weight is 646 g/mol. The summed E-state index contributed by atoms with van der Waals surface area (Å²) in [5, 5.41) is 59.1. The van der Waals surface area contributed by atoms with E-state index < -0.39 is 99.3 Å². The Morgan fingerprint density at radius 1 is 1.00 bits per heavy atom. The minimum absolute atomic E-state index is 0.128. The Kier molecular flexibility index (Phi) is 7.88. The number of fused-ring (bicyclic) bond motifs is 3. The fourth-order valence-corrected chi connectivity index (χ4v) is 8.88. The fourth-order valence-electron chi connectivity index (χ4n) is 8.88. The quantitative estimate of drug-likeness (QED) is 0.217. The number of aliphatic hydroxyl groups excluding tert-OH is 3. The van der Waals surface area contributed by atoms with Crippen LogP contribution in [0.2, 0.25) is 0 Å². The highest BCUT2D eigenvalue weighted by Gasteiger charge is 2.80. The van der Waals surface area contributed by atoms with Gasteiger partial charge in [-0.15, -0.1) is 0 Å². The molecule has 3 aliphatic carbocycles. The number of Topliss-reactive ketones (excluding diaryl/α,β-unsaturated/α-hetero) is 2. The summed E-state index contributed by atoms with van der Waals surface area (Å²) >= 11 is 0. The summed E-state index contributed by atoms with van der Waals surface area (Å²) in [7, 11) is 0. The number of aromatic hydroxyl groups is 1. The van der Waals surface area contributed by atoms with Crippen molar-refractivity contribution in [2.45, 2.75) is 70.6 Å². The van der Waals surface area contributed by atoms with Crippen molar-refractivity contribution in [2.24, 2.45) is 40.2 Å². The van der Waals surface area contributed by atoms with Crippen LogP contribution in [-0.2, 0) is 15.8 Å². The van der Waals surface area contributed by atoms with E-state index in [0.717, 1.165) is 12.1 Å². The first-order chi connectivity index (χ1) is 21.2. The van der Waals surface area contributed by atoms with Crippen molar-refractivity contribution >= 4 is 29.6 Å². The van der Waals surface area contributed by atoms with Crippen molar-refractivity contribution < 1.29 is 53.1 Å². The highest BCUT2D eigenvalue weighted by Crippen LogP contribution is 2.68. The third-order valence-electron chi connectivity index (χ3n) is 11.3. The van der Waals surface area contributed by atoms with E-state index in [-0.39, 0.29) is 11.1 Å². The predicted molar refractivity (Wildman–Crippen MR) is 160 cm³/mol. The molecule has 0 bridgehead atoms. The molecule has 0 radical (unpaired) electrons. The smallest absolute Gasteiger partial charge is 0.416 e. The van der Waals surface area contributed by atoms with Gasteiger partial charge in [-0.1, -0.05) is 71.0 Å². The van der Waals surface area contributed by atoms with Gasteiger partial charge >= 0.3 is 6.18 Å². The van der Waals surface area contributed by atoms with Crippen LogP contribution in [0.4, 0.5) is 13.2 Å². The molecule has 46 heavy (non-hydrogen) atoms. The third kappa shape index (κ3) is 4.26. The first kappa shape index (κ1) is 33.8. The standard InChI is InChI=1S/C34H38F3NO8/c1-14(2)22-26(41)21(29(38)44)27(42)33(46)28(43)23-25(40)20-19(15(3)31(23,4)30(45)32(22,33)5)13-10-17(24(20)39)9-6-16-7-11-18(12-8-16)34(35,36)37/h6-15,21-23,26,28,30,39,41,43,45-46H,1-5H3,(H2,38,44)/b9-6+/t15-,21-,22+,23-,26?,28?,30-,31+,32+,33+/m1/s1. The first-order valence-electron chi connectivity index (χ1n) is 15.0. The molecular formula is C34H38F3NO8. The number of phenols is 1. The lowest BCUT2D eigenvalue weighted by molar-refractivity contribution is -0.306. The Labute approximate surface area is 263 Å². The Bertz CT molecular complexity index is 1640. The van der Waals surface area contributed by atoms with Crippen LogP contribution in [0, 0.1) is 34.5 Å². The van der Waals surface area contributed by atoms with Crippen molar-refractivity contribution in [3.63, 3.8) is 0 Å². The number of rotatable bonds is 4. The van der Waals surface area contributed by atoms with Gasteiger partial charge in [0.1, 0.15) is 17.8 Å². The molecule has 1 amide bonds. The molecule has 0 spiro atoms. The lowest BCUT2D eigenvalue weighted by atomic mass is 9.36.